The lowest BCUT2D eigenvalue weighted by Crippen LogP contribution is -2.05. The molecule has 88 valence electrons. The fourth-order valence-corrected chi connectivity index (χ4v) is 2.88. The van der Waals surface area contributed by atoms with Gasteiger partial charge in [-0.2, -0.15) is 0 Å². The molecule has 0 spiro atoms. The van der Waals surface area contributed by atoms with Crippen molar-refractivity contribution in [3.8, 4) is 0 Å². The zero-order valence-corrected chi connectivity index (χ0v) is 10.1. The summed E-state index contributed by atoms with van der Waals surface area (Å²) in [5, 5.41) is 8.53. The predicted octanol–water partition coefficient (Wildman–Crippen LogP) is 1.39. The van der Waals surface area contributed by atoms with Gasteiger partial charge in [-0.1, -0.05) is 19.1 Å². The topological polar surface area (TPSA) is 56.7 Å². The van der Waals surface area contributed by atoms with Crippen LogP contribution in [0.3, 0.4) is 0 Å². The van der Waals surface area contributed by atoms with E-state index in [-0.39, 0.29) is 0 Å². The third-order valence-corrected chi connectivity index (χ3v) is 4.32. The van der Waals surface area contributed by atoms with Gasteiger partial charge in [-0.3, -0.25) is 4.68 Å². The highest BCUT2D eigenvalue weighted by atomic mass is 15.4. The van der Waals surface area contributed by atoms with E-state index in [0.717, 1.165) is 24.7 Å². The molecule has 0 amide bonds. The molecule has 1 aromatic rings. The molecule has 3 rings (SSSR count). The van der Waals surface area contributed by atoms with Crippen molar-refractivity contribution in [2.45, 2.75) is 39.2 Å². The number of hydrogen-bond donors (Lipinski definition) is 1. The molecule has 2 saturated carbocycles. The van der Waals surface area contributed by atoms with Gasteiger partial charge in [-0.05, 0) is 36.6 Å². The maximum Gasteiger partial charge on any atom is 0.0866 e. The molecule has 4 nitrogen and oxygen atoms in total. The SMILES string of the molecule is CC1(C)[C@@H](CN)[C@@H]1c1cn(CC2CC2)nn1. The molecular formula is C12H20N4. The van der Waals surface area contributed by atoms with Crippen molar-refractivity contribution in [3.63, 3.8) is 0 Å². The number of nitrogens with two attached hydrogens (primary N) is 1. The minimum absolute atomic E-state index is 0.315. The standard InChI is InChI=1S/C12H20N4/c1-12(2)9(5-13)11(12)10-7-16(15-14-10)6-8-3-4-8/h7-9,11H,3-6,13H2,1-2H3/t9-,11+/m0/s1. The highest BCUT2D eigenvalue weighted by molar-refractivity contribution is 5.23. The number of hydrogen-bond acceptors (Lipinski definition) is 3. The molecule has 0 unspecified atom stereocenters. The van der Waals surface area contributed by atoms with Gasteiger partial charge in [0.2, 0.25) is 0 Å². The molecule has 0 aromatic carbocycles. The summed E-state index contributed by atoms with van der Waals surface area (Å²) < 4.78 is 2.01. The first-order valence-corrected chi connectivity index (χ1v) is 6.23. The first kappa shape index (κ1) is 10.3. The second-order valence-corrected chi connectivity index (χ2v) is 5.95. The molecule has 2 aliphatic rings. The van der Waals surface area contributed by atoms with Gasteiger partial charge in [0.05, 0.1) is 5.69 Å². The van der Waals surface area contributed by atoms with Crippen molar-refractivity contribution >= 4 is 0 Å². The Kier molecular flexibility index (Phi) is 2.11. The van der Waals surface area contributed by atoms with E-state index in [4.69, 9.17) is 5.73 Å². The lowest BCUT2D eigenvalue weighted by atomic mass is 10.1. The predicted molar refractivity (Wildman–Crippen MR) is 61.8 cm³/mol. The third-order valence-electron chi connectivity index (χ3n) is 4.32. The van der Waals surface area contributed by atoms with E-state index in [1.807, 2.05) is 4.68 Å². The molecule has 2 N–H and O–H groups in total. The summed E-state index contributed by atoms with van der Waals surface area (Å²) in [5.41, 5.74) is 7.23. The number of aromatic nitrogens is 3. The molecule has 1 aromatic heterocycles. The van der Waals surface area contributed by atoms with Crippen LogP contribution in [0, 0.1) is 17.3 Å². The largest absolute Gasteiger partial charge is 0.330 e. The van der Waals surface area contributed by atoms with Crippen molar-refractivity contribution in [1.82, 2.24) is 15.0 Å². The molecule has 2 fully saturated rings. The summed E-state index contributed by atoms with van der Waals surface area (Å²) in [7, 11) is 0. The van der Waals surface area contributed by atoms with Crippen LogP contribution in [-0.4, -0.2) is 21.5 Å². The second kappa shape index (κ2) is 3.29. The highest BCUT2D eigenvalue weighted by Crippen LogP contribution is 2.63. The van der Waals surface area contributed by atoms with Crippen LogP contribution in [0.25, 0.3) is 0 Å². The van der Waals surface area contributed by atoms with Crippen LogP contribution in [0.15, 0.2) is 6.20 Å². The van der Waals surface area contributed by atoms with Gasteiger partial charge in [0, 0.05) is 18.7 Å². The average Bonchev–Trinajstić information content (AvgIpc) is 3.06. The van der Waals surface area contributed by atoms with Gasteiger partial charge < -0.3 is 5.73 Å². The van der Waals surface area contributed by atoms with E-state index in [0.29, 0.717) is 17.3 Å². The summed E-state index contributed by atoms with van der Waals surface area (Å²) in [5.74, 6) is 1.95. The van der Waals surface area contributed by atoms with Crippen molar-refractivity contribution in [3.05, 3.63) is 11.9 Å². The summed E-state index contributed by atoms with van der Waals surface area (Å²) in [6, 6.07) is 0. The Morgan fingerprint density at radius 1 is 1.50 bits per heavy atom. The minimum Gasteiger partial charge on any atom is -0.330 e. The maximum absolute atomic E-state index is 5.78. The fourth-order valence-electron chi connectivity index (χ4n) is 2.88. The highest BCUT2D eigenvalue weighted by Gasteiger charge is 2.58. The van der Waals surface area contributed by atoms with E-state index in [1.54, 1.807) is 0 Å². The van der Waals surface area contributed by atoms with Crippen LogP contribution in [0.2, 0.25) is 0 Å². The Morgan fingerprint density at radius 2 is 2.25 bits per heavy atom. The van der Waals surface area contributed by atoms with E-state index < -0.39 is 0 Å². The summed E-state index contributed by atoms with van der Waals surface area (Å²) >= 11 is 0. The van der Waals surface area contributed by atoms with Gasteiger partial charge in [-0.15, -0.1) is 5.10 Å². The first-order chi connectivity index (χ1) is 7.63. The molecule has 16 heavy (non-hydrogen) atoms. The molecule has 0 radical (unpaired) electrons. The van der Waals surface area contributed by atoms with Crippen molar-refractivity contribution in [1.29, 1.82) is 0 Å². The maximum atomic E-state index is 5.78. The lowest BCUT2D eigenvalue weighted by molar-refractivity contribution is 0.544. The average molecular weight is 220 g/mol. The second-order valence-electron chi connectivity index (χ2n) is 5.95. The smallest absolute Gasteiger partial charge is 0.0866 e. The van der Waals surface area contributed by atoms with Gasteiger partial charge in [0.1, 0.15) is 0 Å². The lowest BCUT2D eigenvalue weighted by Gasteiger charge is -1.98. The fraction of sp³-hybridized carbons (Fsp3) is 0.833. The molecule has 2 atom stereocenters. The van der Waals surface area contributed by atoms with Gasteiger partial charge >= 0.3 is 0 Å². The molecule has 0 aliphatic heterocycles. The Morgan fingerprint density at radius 3 is 2.81 bits per heavy atom. The third kappa shape index (κ3) is 1.56. The van der Waals surface area contributed by atoms with Crippen molar-refractivity contribution in [2.24, 2.45) is 23.0 Å². The van der Waals surface area contributed by atoms with E-state index >= 15 is 0 Å². The number of nitrogens with zero attached hydrogens (tertiary/aromatic N) is 3. The van der Waals surface area contributed by atoms with Crippen molar-refractivity contribution in [2.75, 3.05) is 6.54 Å². The van der Waals surface area contributed by atoms with Crippen LogP contribution in [0.5, 0.6) is 0 Å². The summed E-state index contributed by atoms with van der Waals surface area (Å²) in [6.07, 6.45) is 4.84. The zero-order chi connectivity index (χ0) is 11.3. The summed E-state index contributed by atoms with van der Waals surface area (Å²) in [4.78, 5) is 0. The van der Waals surface area contributed by atoms with Crippen molar-refractivity contribution < 1.29 is 0 Å². The summed E-state index contributed by atoms with van der Waals surface area (Å²) in [6.45, 7) is 6.35. The number of rotatable bonds is 4. The Balaban J connectivity index is 1.72. The van der Waals surface area contributed by atoms with Crippen LogP contribution >= 0.6 is 0 Å². The molecule has 0 saturated heterocycles. The van der Waals surface area contributed by atoms with Crippen LogP contribution in [-0.2, 0) is 6.54 Å². The van der Waals surface area contributed by atoms with Crippen LogP contribution in [0.1, 0.15) is 38.3 Å². The Labute approximate surface area is 96.2 Å². The normalized spacial score (nSPS) is 31.7. The molecular weight excluding hydrogens is 200 g/mol. The van der Waals surface area contributed by atoms with Gasteiger partial charge in [-0.25, -0.2) is 0 Å². The van der Waals surface area contributed by atoms with Crippen LogP contribution < -0.4 is 5.73 Å². The Hall–Kier alpha value is -0.900. The molecule has 2 aliphatic carbocycles. The van der Waals surface area contributed by atoms with Crippen LogP contribution in [0.4, 0.5) is 0 Å². The van der Waals surface area contributed by atoms with Gasteiger partial charge in [0.15, 0.2) is 0 Å². The minimum atomic E-state index is 0.315. The quantitative estimate of drug-likeness (QED) is 0.834. The first-order valence-electron chi connectivity index (χ1n) is 6.23. The molecule has 0 bridgehead atoms. The zero-order valence-electron chi connectivity index (χ0n) is 10.1. The van der Waals surface area contributed by atoms with E-state index in [2.05, 4.69) is 30.4 Å². The van der Waals surface area contributed by atoms with E-state index in [9.17, 15) is 0 Å². The van der Waals surface area contributed by atoms with Gasteiger partial charge in [0.25, 0.3) is 0 Å². The monoisotopic (exact) mass is 220 g/mol. The van der Waals surface area contributed by atoms with E-state index in [1.165, 1.54) is 12.8 Å². The molecule has 4 heteroatoms. The molecule has 1 heterocycles. The Bertz CT molecular complexity index is 391.